The highest BCUT2D eigenvalue weighted by Gasteiger charge is 2.22. The minimum Gasteiger partial charge on any atom is -0.352 e. The van der Waals surface area contributed by atoms with E-state index in [-0.39, 0.29) is 5.91 Å². The molecule has 1 aliphatic carbocycles. The number of para-hydroxylation sites is 1. The van der Waals surface area contributed by atoms with E-state index in [2.05, 4.69) is 23.3 Å². The smallest absolute Gasteiger partial charge is 0.230 e. The number of rotatable bonds is 4. The fraction of sp³-hybridized carbons (Fsp3) is 0.500. The number of thioether (sulfide) groups is 1. The molecule has 0 spiro atoms. The van der Waals surface area contributed by atoms with Crippen LogP contribution < -0.4 is 5.32 Å². The third kappa shape index (κ3) is 3.77. The maximum atomic E-state index is 12.1. The number of aromatic nitrogens is 1. The first kappa shape index (κ1) is 14.9. The summed E-state index contributed by atoms with van der Waals surface area (Å²) in [7, 11) is 0. The van der Waals surface area contributed by atoms with E-state index in [1.807, 2.05) is 18.2 Å². The van der Waals surface area contributed by atoms with Crippen LogP contribution in [0, 0.1) is 5.92 Å². The van der Waals surface area contributed by atoms with Crippen molar-refractivity contribution in [3.8, 4) is 0 Å². The molecule has 2 atom stereocenters. The molecule has 1 aliphatic rings. The summed E-state index contributed by atoms with van der Waals surface area (Å²) in [5.74, 6) is 1.21. The molecule has 3 rings (SSSR count). The standard InChI is InChI=1S/C16H20N2OS2/c1-11-6-2-3-7-12(11)17-15(19)10-20-16-18-13-8-4-5-9-14(13)21-16/h4-5,8-9,11-12H,2-3,6-7,10H2,1H3,(H,17,19)/t11-,12+/m1/s1. The summed E-state index contributed by atoms with van der Waals surface area (Å²) in [6.07, 6.45) is 4.89. The maximum absolute atomic E-state index is 12.1. The zero-order valence-electron chi connectivity index (χ0n) is 12.2. The average molecular weight is 320 g/mol. The number of benzene rings is 1. The summed E-state index contributed by atoms with van der Waals surface area (Å²) in [4.78, 5) is 16.6. The molecule has 3 nitrogen and oxygen atoms in total. The van der Waals surface area contributed by atoms with Gasteiger partial charge < -0.3 is 5.32 Å². The van der Waals surface area contributed by atoms with Crippen LogP contribution >= 0.6 is 23.1 Å². The van der Waals surface area contributed by atoms with Gasteiger partial charge in [0.05, 0.1) is 16.0 Å². The van der Waals surface area contributed by atoms with Crippen molar-refractivity contribution in [3.05, 3.63) is 24.3 Å². The molecule has 21 heavy (non-hydrogen) atoms. The first-order valence-electron chi connectivity index (χ1n) is 7.50. The molecule has 0 aliphatic heterocycles. The number of nitrogens with zero attached hydrogens (tertiary/aromatic N) is 1. The highest BCUT2D eigenvalue weighted by molar-refractivity contribution is 8.01. The van der Waals surface area contributed by atoms with Gasteiger partial charge in [0, 0.05) is 6.04 Å². The number of carbonyl (C=O) groups excluding carboxylic acids is 1. The highest BCUT2D eigenvalue weighted by atomic mass is 32.2. The van der Waals surface area contributed by atoms with E-state index >= 15 is 0 Å². The van der Waals surface area contributed by atoms with Crippen LogP contribution in [0.25, 0.3) is 10.2 Å². The van der Waals surface area contributed by atoms with Crippen molar-refractivity contribution in [3.63, 3.8) is 0 Å². The fourth-order valence-corrected chi connectivity index (χ4v) is 4.70. The van der Waals surface area contributed by atoms with Crippen LogP contribution in [0.2, 0.25) is 0 Å². The lowest BCUT2D eigenvalue weighted by Crippen LogP contribution is -2.41. The Morgan fingerprint density at radius 1 is 1.38 bits per heavy atom. The molecule has 1 aromatic carbocycles. The van der Waals surface area contributed by atoms with E-state index < -0.39 is 0 Å². The Hall–Kier alpha value is -1.07. The Balaban J connectivity index is 1.53. The van der Waals surface area contributed by atoms with Gasteiger partial charge in [-0.05, 0) is 30.9 Å². The Morgan fingerprint density at radius 3 is 3.00 bits per heavy atom. The SMILES string of the molecule is C[C@@H]1CCCC[C@@H]1NC(=O)CSc1nc2ccccc2s1. The van der Waals surface area contributed by atoms with Crippen molar-refractivity contribution in [2.45, 2.75) is 43.0 Å². The van der Waals surface area contributed by atoms with Crippen LogP contribution in [0.1, 0.15) is 32.6 Å². The van der Waals surface area contributed by atoms with E-state index in [0.717, 1.165) is 16.3 Å². The molecule has 1 heterocycles. The Bertz CT molecular complexity index is 593. The zero-order chi connectivity index (χ0) is 14.7. The quantitative estimate of drug-likeness (QED) is 0.863. The number of nitrogens with one attached hydrogen (secondary N) is 1. The summed E-state index contributed by atoms with van der Waals surface area (Å²) >= 11 is 3.20. The van der Waals surface area contributed by atoms with Crippen molar-refractivity contribution in [2.24, 2.45) is 5.92 Å². The van der Waals surface area contributed by atoms with E-state index in [9.17, 15) is 4.79 Å². The summed E-state index contributed by atoms with van der Waals surface area (Å²) < 4.78 is 2.16. The van der Waals surface area contributed by atoms with Crippen molar-refractivity contribution < 1.29 is 4.79 Å². The summed E-state index contributed by atoms with van der Waals surface area (Å²) in [6, 6.07) is 8.46. The lowest BCUT2D eigenvalue weighted by molar-refractivity contribution is -0.119. The van der Waals surface area contributed by atoms with E-state index in [1.165, 1.54) is 35.7 Å². The van der Waals surface area contributed by atoms with Crippen molar-refractivity contribution in [2.75, 3.05) is 5.75 Å². The highest BCUT2D eigenvalue weighted by Crippen LogP contribution is 2.29. The normalized spacial score (nSPS) is 22.3. The second-order valence-electron chi connectivity index (χ2n) is 5.67. The van der Waals surface area contributed by atoms with Crippen LogP contribution in [-0.4, -0.2) is 22.7 Å². The summed E-state index contributed by atoms with van der Waals surface area (Å²) in [5, 5.41) is 3.19. The molecule has 1 N–H and O–H groups in total. The van der Waals surface area contributed by atoms with Crippen LogP contribution in [0.4, 0.5) is 0 Å². The molecule has 112 valence electrons. The molecule has 0 radical (unpaired) electrons. The first-order valence-corrected chi connectivity index (χ1v) is 9.30. The number of hydrogen-bond donors (Lipinski definition) is 1. The number of carbonyl (C=O) groups is 1. The van der Waals surface area contributed by atoms with Gasteiger partial charge in [-0.3, -0.25) is 4.79 Å². The van der Waals surface area contributed by atoms with Gasteiger partial charge in [0.1, 0.15) is 0 Å². The monoisotopic (exact) mass is 320 g/mol. The molecule has 1 saturated carbocycles. The molecule has 1 amide bonds. The molecule has 5 heteroatoms. The fourth-order valence-electron chi connectivity index (χ4n) is 2.82. The number of hydrogen-bond acceptors (Lipinski definition) is 4. The van der Waals surface area contributed by atoms with E-state index in [1.54, 1.807) is 11.3 Å². The predicted octanol–water partition coefficient (Wildman–Crippen LogP) is 4.08. The van der Waals surface area contributed by atoms with Crippen LogP contribution in [0.5, 0.6) is 0 Å². The topological polar surface area (TPSA) is 42.0 Å². The van der Waals surface area contributed by atoms with Gasteiger partial charge in [0.25, 0.3) is 0 Å². The summed E-state index contributed by atoms with van der Waals surface area (Å²) in [5.41, 5.74) is 1.02. The average Bonchev–Trinajstić information content (AvgIpc) is 2.90. The number of amides is 1. The largest absolute Gasteiger partial charge is 0.352 e. The van der Waals surface area contributed by atoms with Crippen molar-refractivity contribution in [1.82, 2.24) is 10.3 Å². The number of thiazole rings is 1. The first-order chi connectivity index (χ1) is 10.2. The molecule has 1 fully saturated rings. The minimum atomic E-state index is 0.137. The third-order valence-electron chi connectivity index (χ3n) is 4.06. The van der Waals surface area contributed by atoms with Gasteiger partial charge in [-0.1, -0.05) is 43.7 Å². The van der Waals surface area contributed by atoms with E-state index in [0.29, 0.717) is 17.7 Å². The van der Waals surface area contributed by atoms with Gasteiger partial charge in [-0.25, -0.2) is 4.98 Å². The maximum Gasteiger partial charge on any atom is 0.230 e. The molecule has 0 unspecified atom stereocenters. The second kappa shape index (κ2) is 6.79. The molecule has 0 saturated heterocycles. The second-order valence-corrected chi connectivity index (χ2v) is 7.93. The minimum absolute atomic E-state index is 0.137. The van der Waals surface area contributed by atoms with Gasteiger partial charge in [0.2, 0.25) is 5.91 Å². The Kier molecular flexibility index (Phi) is 4.80. The molecule has 1 aromatic heterocycles. The van der Waals surface area contributed by atoms with Crippen LogP contribution in [0.3, 0.4) is 0 Å². The molecular weight excluding hydrogens is 300 g/mol. The summed E-state index contributed by atoms with van der Waals surface area (Å²) in [6.45, 7) is 2.24. The van der Waals surface area contributed by atoms with Gasteiger partial charge >= 0.3 is 0 Å². The lowest BCUT2D eigenvalue weighted by Gasteiger charge is -2.29. The molecular formula is C16H20N2OS2. The van der Waals surface area contributed by atoms with Gasteiger partial charge in [-0.2, -0.15) is 0 Å². The molecule has 2 aromatic rings. The van der Waals surface area contributed by atoms with Gasteiger partial charge in [0.15, 0.2) is 4.34 Å². The Labute approximate surface area is 133 Å². The van der Waals surface area contributed by atoms with E-state index in [4.69, 9.17) is 0 Å². The third-order valence-corrected chi connectivity index (χ3v) is 6.24. The number of fused-ring (bicyclic) bond motifs is 1. The molecule has 0 bridgehead atoms. The zero-order valence-corrected chi connectivity index (χ0v) is 13.8. The van der Waals surface area contributed by atoms with Gasteiger partial charge in [-0.15, -0.1) is 11.3 Å². The van der Waals surface area contributed by atoms with Crippen molar-refractivity contribution >= 4 is 39.2 Å². The van der Waals surface area contributed by atoms with Crippen LogP contribution in [-0.2, 0) is 4.79 Å². The van der Waals surface area contributed by atoms with Crippen molar-refractivity contribution in [1.29, 1.82) is 0 Å². The van der Waals surface area contributed by atoms with Crippen LogP contribution in [0.15, 0.2) is 28.6 Å². The predicted molar refractivity (Wildman–Crippen MR) is 89.9 cm³/mol. The lowest BCUT2D eigenvalue weighted by atomic mass is 9.86. The Morgan fingerprint density at radius 2 is 2.19 bits per heavy atom.